The fourth-order valence-corrected chi connectivity index (χ4v) is 3.55. The molecule has 0 amide bonds. The third-order valence-corrected chi connectivity index (χ3v) is 5.67. The van der Waals surface area contributed by atoms with Gasteiger partial charge in [0.2, 0.25) is 5.82 Å². The summed E-state index contributed by atoms with van der Waals surface area (Å²) in [6.45, 7) is 6.42. The molecule has 0 aliphatic rings. The van der Waals surface area contributed by atoms with Crippen molar-refractivity contribution in [2.45, 2.75) is 39.2 Å². The Kier molecular flexibility index (Phi) is 6.96. The van der Waals surface area contributed by atoms with Crippen LogP contribution in [0.4, 0.5) is 23.0 Å². The molecule has 0 fully saturated rings. The summed E-state index contributed by atoms with van der Waals surface area (Å²) in [6.07, 6.45) is 0.0996. The molecule has 9 heteroatoms. The average Bonchev–Trinajstić information content (AvgIpc) is 3.23. The molecule has 0 saturated heterocycles. The molecular weight excluding hydrogens is 402 g/mol. The van der Waals surface area contributed by atoms with Crippen LogP contribution in [0.3, 0.4) is 0 Å². The molecule has 30 heavy (non-hydrogen) atoms. The first-order valence-corrected chi connectivity index (χ1v) is 10.7. The second kappa shape index (κ2) is 9.64. The van der Waals surface area contributed by atoms with E-state index < -0.39 is 11.0 Å². The summed E-state index contributed by atoms with van der Waals surface area (Å²) in [7, 11) is 0. The molecule has 8 nitrogen and oxygen atoms in total. The van der Waals surface area contributed by atoms with Crippen molar-refractivity contribution < 1.29 is 10.0 Å². The molecular formula is C21H25N5O3S. The largest absolute Gasteiger partial charge is 0.391 e. The third-order valence-electron chi connectivity index (χ3n) is 4.52. The zero-order chi connectivity index (χ0) is 21.7. The van der Waals surface area contributed by atoms with Gasteiger partial charge in [0.15, 0.2) is 0 Å². The Morgan fingerprint density at radius 3 is 2.50 bits per heavy atom. The van der Waals surface area contributed by atoms with Gasteiger partial charge in [0.25, 0.3) is 0 Å². The smallest absolute Gasteiger partial charge is 0.311 e. The summed E-state index contributed by atoms with van der Waals surface area (Å²) in [4.78, 5) is 19.9. The molecule has 2 aromatic heterocycles. The molecule has 0 saturated carbocycles. The van der Waals surface area contributed by atoms with Crippen LogP contribution in [-0.4, -0.2) is 32.6 Å². The number of pyridine rings is 1. The minimum absolute atomic E-state index is 0.123. The summed E-state index contributed by atoms with van der Waals surface area (Å²) >= 11 is 1.64. The Bertz CT molecular complexity index is 1000. The molecule has 0 bridgehead atoms. The summed E-state index contributed by atoms with van der Waals surface area (Å²) in [5.41, 5.74) is 2.45. The van der Waals surface area contributed by atoms with E-state index in [9.17, 15) is 15.2 Å². The van der Waals surface area contributed by atoms with Crippen LogP contribution in [0.2, 0.25) is 0 Å². The number of aromatic nitrogens is 2. The summed E-state index contributed by atoms with van der Waals surface area (Å²) in [5, 5.41) is 30.2. The molecule has 3 rings (SSSR count). The van der Waals surface area contributed by atoms with Gasteiger partial charge in [-0.2, -0.15) is 0 Å². The maximum Gasteiger partial charge on any atom is 0.311 e. The standard InChI is InChI=1S/C21H25N5O3S/c1-4-16(27)11-22-19-10-9-18(26(28)29)20(25-19)23-15-7-5-14(6-8-15)17-12-30-21(24-17)13(2)3/h5-10,12-13,16,27H,4,11H2,1-3H3,(H2,22,23,25). The van der Waals surface area contributed by atoms with Crippen molar-refractivity contribution in [3.05, 3.63) is 56.9 Å². The van der Waals surface area contributed by atoms with Gasteiger partial charge in [-0.15, -0.1) is 11.3 Å². The van der Waals surface area contributed by atoms with Crippen molar-refractivity contribution in [3.8, 4) is 11.3 Å². The number of aliphatic hydroxyl groups is 1. The minimum Gasteiger partial charge on any atom is -0.391 e. The monoisotopic (exact) mass is 427 g/mol. The van der Waals surface area contributed by atoms with E-state index in [0.29, 0.717) is 30.4 Å². The summed E-state index contributed by atoms with van der Waals surface area (Å²) < 4.78 is 0. The van der Waals surface area contributed by atoms with Crippen molar-refractivity contribution in [2.75, 3.05) is 17.2 Å². The summed E-state index contributed by atoms with van der Waals surface area (Å²) in [5.74, 6) is 0.978. The number of nitro groups is 1. The SMILES string of the molecule is CCC(O)CNc1ccc([N+](=O)[O-])c(Nc2ccc(-c3csc(C(C)C)n3)cc2)n1. The molecule has 158 valence electrons. The first kappa shape index (κ1) is 21.7. The number of thiazole rings is 1. The predicted molar refractivity (Wildman–Crippen MR) is 121 cm³/mol. The lowest BCUT2D eigenvalue weighted by atomic mass is 10.1. The van der Waals surface area contributed by atoms with Crippen molar-refractivity contribution in [1.29, 1.82) is 0 Å². The van der Waals surface area contributed by atoms with Gasteiger partial charge in [0.05, 0.1) is 21.7 Å². The second-order valence-corrected chi connectivity index (χ2v) is 8.08. The topological polar surface area (TPSA) is 113 Å². The van der Waals surface area contributed by atoms with Crippen molar-refractivity contribution >= 4 is 34.3 Å². The number of hydrogen-bond donors (Lipinski definition) is 3. The Morgan fingerprint density at radius 1 is 1.17 bits per heavy atom. The van der Waals surface area contributed by atoms with Gasteiger partial charge >= 0.3 is 5.69 Å². The Balaban J connectivity index is 1.79. The molecule has 1 atom stereocenters. The van der Waals surface area contributed by atoms with Crippen LogP contribution in [0.25, 0.3) is 11.3 Å². The second-order valence-electron chi connectivity index (χ2n) is 7.19. The minimum atomic E-state index is -0.507. The van der Waals surface area contributed by atoms with Gasteiger partial charge in [-0.1, -0.05) is 32.9 Å². The number of rotatable bonds is 9. The van der Waals surface area contributed by atoms with Crippen LogP contribution in [0.15, 0.2) is 41.8 Å². The van der Waals surface area contributed by atoms with Gasteiger partial charge in [0.1, 0.15) is 5.82 Å². The van der Waals surface area contributed by atoms with Crippen LogP contribution in [0.5, 0.6) is 0 Å². The van der Waals surface area contributed by atoms with Crippen LogP contribution < -0.4 is 10.6 Å². The van der Waals surface area contributed by atoms with E-state index >= 15 is 0 Å². The molecule has 2 heterocycles. The Morgan fingerprint density at radius 2 is 1.90 bits per heavy atom. The van der Waals surface area contributed by atoms with E-state index in [1.807, 2.05) is 36.6 Å². The predicted octanol–water partition coefficient (Wildman–Crippen LogP) is 5.16. The maximum atomic E-state index is 11.4. The van der Waals surface area contributed by atoms with Gasteiger partial charge < -0.3 is 15.7 Å². The van der Waals surface area contributed by atoms with E-state index in [4.69, 9.17) is 0 Å². The quantitative estimate of drug-likeness (QED) is 0.319. The highest BCUT2D eigenvalue weighted by Crippen LogP contribution is 2.30. The van der Waals surface area contributed by atoms with Gasteiger partial charge in [-0.25, -0.2) is 9.97 Å². The highest BCUT2D eigenvalue weighted by Gasteiger charge is 2.17. The fraction of sp³-hybridized carbons (Fsp3) is 0.333. The van der Waals surface area contributed by atoms with Crippen molar-refractivity contribution in [1.82, 2.24) is 9.97 Å². The lowest BCUT2D eigenvalue weighted by molar-refractivity contribution is -0.384. The van der Waals surface area contributed by atoms with Crippen LogP contribution >= 0.6 is 11.3 Å². The van der Waals surface area contributed by atoms with E-state index in [2.05, 4.69) is 34.4 Å². The van der Waals surface area contributed by atoms with E-state index in [-0.39, 0.29) is 11.5 Å². The molecule has 0 aliphatic carbocycles. The number of anilines is 3. The number of benzene rings is 1. The van der Waals surface area contributed by atoms with E-state index in [1.165, 1.54) is 12.1 Å². The normalized spacial score (nSPS) is 12.0. The van der Waals surface area contributed by atoms with Crippen LogP contribution in [-0.2, 0) is 0 Å². The highest BCUT2D eigenvalue weighted by molar-refractivity contribution is 7.10. The van der Waals surface area contributed by atoms with Crippen LogP contribution in [0, 0.1) is 10.1 Å². The molecule has 3 N–H and O–H groups in total. The lowest BCUT2D eigenvalue weighted by Gasteiger charge is -2.12. The Labute approximate surface area is 179 Å². The number of aliphatic hydroxyl groups excluding tert-OH is 1. The molecule has 0 spiro atoms. The Hall–Kier alpha value is -3.04. The van der Waals surface area contributed by atoms with Gasteiger partial charge in [-0.05, 0) is 24.6 Å². The van der Waals surface area contributed by atoms with Crippen LogP contribution in [0.1, 0.15) is 38.1 Å². The molecule has 1 unspecified atom stereocenters. The highest BCUT2D eigenvalue weighted by atomic mass is 32.1. The van der Waals surface area contributed by atoms with E-state index in [0.717, 1.165) is 16.3 Å². The first-order chi connectivity index (χ1) is 14.4. The molecule has 1 aromatic carbocycles. The zero-order valence-electron chi connectivity index (χ0n) is 17.1. The molecule has 0 aliphatic heterocycles. The number of nitrogens with zero attached hydrogens (tertiary/aromatic N) is 3. The van der Waals surface area contributed by atoms with E-state index in [1.54, 1.807) is 11.3 Å². The van der Waals surface area contributed by atoms with Crippen molar-refractivity contribution in [2.24, 2.45) is 0 Å². The number of nitrogens with one attached hydrogen (secondary N) is 2. The van der Waals surface area contributed by atoms with Gasteiger partial charge in [-0.3, -0.25) is 10.1 Å². The fourth-order valence-electron chi connectivity index (χ4n) is 2.70. The van der Waals surface area contributed by atoms with Gasteiger partial charge in [0, 0.05) is 35.2 Å². The van der Waals surface area contributed by atoms with Crippen molar-refractivity contribution in [3.63, 3.8) is 0 Å². The maximum absolute atomic E-state index is 11.4. The third kappa shape index (κ3) is 5.31. The number of hydrogen-bond acceptors (Lipinski definition) is 8. The molecule has 3 aromatic rings. The first-order valence-electron chi connectivity index (χ1n) is 9.77. The average molecular weight is 428 g/mol. The lowest BCUT2D eigenvalue weighted by Crippen LogP contribution is -2.19. The molecule has 0 radical (unpaired) electrons. The zero-order valence-corrected chi connectivity index (χ0v) is 17.9. The summed E-state index contributed by atoms with van der Waals surface area (Å²) in [6, 6.07) is 10.5.